The van der Waals surface area contributed by atoms with Gasteiger partial charge in [0.2, 0.25) is 0 Å². The molecule has 1 aromatic heterocycles. The maximum absolute atomic E-state index is 6.12. The first-order chi connectivity index (χ1) is 7.89. The van der Waals surface area contributed by atoms with Gasteiger partial charge in [-0.15, -0.1) is 0 Å². The molecule has 0 amide bonds. The van der Waals surface area contributed by atoms with E-state index in [2.05, 4.69) is 39.6 Å². The number of pyridine rings is 1. The predicted octanol–water partition coefficient (Wildman–Crippen LogP) is 2.08. The van der Waals surface area contributed by atoms with E-state index in [0.29, 0.717) is 0 Å². The minimum absolute atomic E-state index is 0.250. The Labute approximate surface area is 104 Å². The fraction of sp³-hybridized carbons (Fsp3) is 0.615. The van der Waals surface area contributed by atoms with Crippen molar-refractivity contribution in [3.8, 4) is 0 Å². The highest BCUT2D eigenvalue weighted by molar-refractivity contribution is 6.62. The minimum atomic E-state index is -0.302. The quantitative estimate of drug-likeness (QED) is 0.733. The van der Waals surface area contributed by atoms with E-state index in [1.807, 2.05) is 12.3 Å². The molecule has 0 aliphatic carbocycles. The summed E-state index contributed by atoms with van der Waals surface area (Å²) in [7, 11) is -0.302. The molecule has 1 fully saturated rings. The van der Waals surface area contributed by atoms with Crippen molar-refractivity contribution in [1.82, 2.24) is 4.98 Å². The highest BCUT2D eigenvalue weighted by Crippen LogP contribution is 2.39. The van der Waals surface area contributed by atoms with Crippen LogP contribution in [0.1, 0.15) is 39.7 Å². The van der Waals surface area contributed by atoms with Crippen LogP contribution in [0, 0.1) is 6.92 Å². The third kappa shape index (κ3) is 2.00. The Morgan fingerprint density at radius 3 is 2.53 bits per heavy atom. The third-order valence-corrected chi connectivity index (χ3v) is 4.05. The zero-order valence-electron chi connectivity index (χ0n) is 11.3. The summed E-state index contributed by atoms with van der Waals surface area (Å²) < 4.78 is 12.2. The summed E-state index contributed by atoms with van der Waals surface area (Å²) in [6.45, 7) is 10.5. The van der Waals surface area contributed by atoms with Gasteiger partial charge in [-0.1, -0.05) is 6.92 Å². The number of rotatable bonds is 2. The van der Waals surface area contributed by atoms with Crippen LogP contribution < -0.4 is 5.46 Å². The van der Waals surface area contributed by atoms with Crippen molar-refractivity contribution in [2.24, 2.45) is 0 Å². The Balaban J connectivity index is 2.31. The van der Waals surface area contributed by atoms with Crippen LogP contribution in [0.5, 0.6) is 0 Å². The molecule has 0 bridgehead atoms. The van der Waals surface area contributed by atoms with Gasteiger partial charge in [-0.25, -0.2) is 0 Å². The summed E-state index contributed by atoms with van der Waals surface area (Å²) in [6.07, 6.45) is 4.55. The number of aromatic nitrogens is 1. The molecular weight excluding hydrogens is 213 g/mol. The lowest BCUT2D eigenvalue weighted by Crippen LogP contribution is -2.44. The molecule has 2 heterocycles. The van der Waals surface area contributed by atoms with Gasteiger partial charge in [-0.2, -0.15) is 0 Å². The standard InChI is InChI=1S/C13H20BNO2/c1-6-13(5)12(3,4)16-14(17-13)11-9-15-8-7-10(11)2/h7-9H,6H2,1-5H3. The topological polar surface area (TPSA) is 31.4 Å². The lowest BCUT2D eigenvalue weighted by atomic mass is 9.77. The molecule has 0 saturated carbocycles. The summed E-state index contributed by atoms with van der Waals surface area (Å²) in [5, 5.41) is 0. The summed E-state index contributed by atoms with van der Waals surface area (Å²) in [5.74, 6) is 0. The van der Waals surface area contributed by atoms with Crippen molar-refractivity contribution in [2.45, 2.75) is 52.2 Å². The van der Waals surface area contributed by atoms with Gasteiger partial charge in [0.1, 0.15) is 0 Å². The average Bonchev–Trinajstić information content (AvgIpc) is 2.51. The van der Waals surface area contributed by atoms with E-state index in [1.165, 1.54) is 0 Å². The summed E-state index contributed by atoms with van der Waals surface area (Å²) in [5.41, 5.74) is 1.65. The van der Waals surface area contributed by atoms with Crippen LogP contribution >= 0.6 is 0 Å². The van der Waals surface area contributed by atoms with Crippen molar-refractivity contribution in [3.63, 3.8) is 0 Å². The van der Waals surface area contributed by atoms with E-state index in [1.54, 1.807) is 6.20 Å². The molecule has 92 valence electrons. The Morgan fingerprint density at radius 2 is 2.00 bits per heavy atom. The van der Waals surface area contributed by atoms with E-state index in [4.69, 9.17) is 9.31 Å². The van der Waals surface area contributed by atoms with Gasteiger partial charge in [-0.3, -0.25) is 4.98 Å². The van der Waals surface area contributed by atoms with Gasteiger partial charge in [0.15, 0.2) is 0 Å². The molecule has 1 aromatic rings. The van der Waals surface area contributed by atoms with E-state index in [-0.39, 0.29) is 18.3 Å². The van der Waals surface area contributed by atoms with Crippen LogP contribution in [0.4, 0.5) is 0 Å². The second-order valence-corrected chi connectivity index (χ2v) is 5.39. The molecule has 1 aliphatic rings. The third-order valence-electron chi connectivity index (χ3n) is 4.05. The Hall–Kier alpha value is -0.865. The van der Waals surface area contributed by atoms with Crippen molar-refractivity contribution in [1.29, 1.82) is 0 Å². The first kappa shape index (κ1) is 12.6. The molecule has 1 atom stereocenters. The fourth-order valence-electron chi connectivity index (χ4n) is 2.15. The normalized spacial score (nSPS) is 27.5. The number of aryl methyl sites for hydroxylation is 1. The second-order valence-electron chi connectivity index (χ2n) is 5.39. The van der Waals surface area contributed by atoms with Crippen LogP contribution in [-0.2, 0) is 9.31 Å². The Bertz CT molecular complexity index is 422. The SMILES string of the molecule is CCC1(C)OB(c2cnccc2C)OC1(C)C. The van der Waals surface area contributed by atoms with Gasteiger partial charge in [-0.05, 0) is 45.7 Å². The van der Waals surface area contributed by atoms with E-state index in [0.717, 1.165) is 17.4 Å². The van der Waals surface area contributed by atoms with Gasteiger partial charge in [0, 0.05) is 17.9 Å². The predicted molar refractivity (Wildman–Crippen MR) is 69.3 cm³/mol. The molecule has 0 spiro atoms. The van der Waals surface area contributed by atoms with Gasteiger partial charge < -0.3 is 9.31 Å². The van der Waals surface area contributed by atoms with Crippen molar-refractivity contribution < 1.29 is 9.31 Å². The lowest BCUT2D eigenvalue weighted by molar-refractivity contribution is -0.0118. The second kappa shape index (κ2) is 4.11. The van der Waals surface area contributed by atoms with Crippen molar-refractivity contribution >= 4 is 12.6 Å². The zero-order valence-corrected chi connectivity index (χ0v) is 11.3. The van der Waals surface area contributed by atoms with Gasteiger partial charge in [0.05, 0.1) is 11.2 Å². The molecule has 4 heteroatoms. The molecule has 2 rings (SSSR count). The largest absolute Gasteiger partial charge is 0.496 e. The maximum atomic E-state index is 6.12. The first-order valence-electron chi connectivity index (χ1n) is 6.16. The fourth-order valence-corrected chi connectivity index (χ4v) is 2.15. The summed E-state index contributed by atoms with van der Waals surface area (Å²) >= 11 is 0. The highest BCUT2D eigenvalue weighted by Gasteiger charge is 2.53. The minimum Gasteiger partial charge on any atom is -0.399 e. The van der Waals surface area contributed by atoms with Crippen LogP contribution in [0.3, 0.4) is 0 Å². The van der Waals surface area contributed by atoms with Crippen LogP contribution in [-0.4, -0.2) is 23.3 Å². The molecule has 3 nitrogen and oxygen atoms in total. The molecule has 1 aliphatic heterocycles. The molecule has 1 saturated heterocycles. The zero-order chi connectivity index (χ0) is 12.7. The van der Waals surface area contributed by atoms with E-state index >= 15 is 0 Å². The molecule has 0 aromatic carbocycles. The van der Waals surface area contributed by atoms with Crippen molar-refractivity contribution in [3.05, 3.63) is 24.0 Å². The molecule has 17 heavy (non-hydrogen) atoms. The maximum Gasteiger partial charge on any atom is 0.496 e. The van der Waals surface area contributed by atoms with E-state index in [9.17, 15) is 0 Å². The van der Waals surface area contributed by atoms with Gasteiger partial charge in [0.25, 0.3) is 0 Å². The van der Waals surface area contributed by atoms with Gasteiger partial charge >= 0.3 is 7.12 Å². The first-order valence-corrected chi connectivity index (χ1v) is 6.16. The van der Waals surface area contributed by atoms with E-state index < -0.39 is 0 Å². The number of hydrogen-bond donors (Lipinski definition) is 0. The van der Waals surface area contributed by atoms with Crippen LogP contribution in [0.15, 0.2) is 18.5 Å². The van der Waals surface area contributed by atoms with Crippen LogP contribution in [0.25, 0.3) is 0 Å². The number of nitrogens with zero attached hydrogens (tertiary/aromatic N) is 1. The lowest BCUT2D eigenvalue weighted by Gasteiger charge is -2.35. The monoisotopic (exact) mass is 233 g/mol. The Kier molecular flexibility index (Phi) is 3.04. The smallest absolute Gasteiger partial charge is 0.399 e. The summed E-state index contributed by atoms with van der Waals surface area (Å²) in [6, 6.07) is 1.98. The summed E-state index contributed by atoms with van der Waals surface area (Å²) in [4.78, 5) is 4.15. The van der Waals surface area contributed by atoms with Crippen LogP contribution in [0.2, 0.25) is 0 Å². The Morgan fingerprint density at radius 1 is 1.29 bits per heavy atom. The van der Waals surface area contributed by atoms with Crippen molar-refractivity contribution in [2.75, 3.05) is 0 Å². The molecular formula is C13H20BNO2. The molecule has 0 radical (unpaired) electrons. The molecule has 1 unspecified atom stereocenters. The average molecular weight is 233 g/mol. The number of hydrogen-bond acceptors (Lipinski definition) is 3. The molecule has 0 N–H and O–H groups in total. The highest BCUT2D eigenvalue weighted by atomic mass is 16.7.